The molecule has 13 rings (SSSR count). The Hall–Kier alpha value is -8.20. The molecule has 342 valence electrons. The summed E-state index contributed by atoms with van der Waals surface area (Å²) in [5.74, 6) is 0.451. The summed E-state index contributed by atoms with van der Waals surface area (Å²) < 4.78 is 0. The van der Waals surface area contributed by atoms with Crippen LogP contribution in [-0.4, -0.2) is 0 Å². The van der Waals surface area contributed by atoms with E-state index in [1.165, 1.54) is 99.5 Å². The number of hydrogen-bond donors (Lipinski definition) is 0. The Morgan fingerprint density at radius 2 is 1.01 bits per heavy atom. The van der Waals surface area contributed by atoms with Gasteiger partial charge in [0.1, 0.15) is 0 Å². The first kappa shape index (κ1) is 42.9. The van der Waals surface area contributed by atoms with E-state index in [9.17, 15) is 0 Å². The number of nitrogens with zero attached hydrogens (tertiary/aromatic N) is 2. The molecular formula is C69H56N2. The Balaban J connectivity index is 0.956. The topological polar surface area (TPSA) is 6.48 Å². The fourth-order valence-corrected chi connectivity index (χ4v) is 12.2. The van der Waals surface area contributed by atoms with Gasteiger partial charge in [0.2, 0.25) is 0 Å². The van der Waals surface area contributed by atoms with Crippen molar-refractivity contribution in [3.8, 4) is 22.3 Å². The van der Waals surface area contributed by atoms with Gasteiger partial charge >= 0.3 is 0 Å². The summed E-state index contributed by atoms with van der Waals surface area (Å²) in [6, 6.07) is 76.9. The van der Waals surface area contributed by atoms with Crippen LogP contribution in [0.3, 0.4) is 0 Å². The fraction of sp³-hybridized carbons (Fsp3) is 0.130. The summed E-state index contributed by atoms with van der Waals surface area (Å²) in [5, 5.41) is 7.61. The van der Waals surface area contributed by atoms with Crippen molar-refractivity contribution in [2.24, 2.45) is 0 Å². The van der Waals surface area contributed by atoms with E-state index in [4.69, 9.17) is 0 Å². The summed E-state index contributed by atoms with van der Waals surface area (Å²) in [4.78, 5) is 5.03. The SMILES string of the molecule is CC1CC=Cc2cc(N(c3ccc(-c4ccccc4)cc3)c3ccc4c(c3)C(C)(C)c3cc(N(C5=CCC(C)(c6ccccc6)C=C5)c5cc6ccccc6c6ccccc56)ccc3-4)c3ccccc3c21. The van der Waals surface area contributed by atoms with Crippen LogP contribution in [0.2, 0.25) is 0 Å². The molecule has 10 aromatic carbocycles. The predicted molar refractivity (Wildman–Crippen MR) is 303 cm³/mol. The average Bonchev–Trinajstić information content (AvgIpc) is 3.64. The molecule has 0 saturated heterocycles. The second-order valence-electron chi connectivity index (χ2n) is 20.8. The highest BCUT2D eigenvalue weighted by molar-refractivity contribution is 6.14. The highest BCUT2D eigenvalue weighted by Crippen LogP contribution is 2.54. The lowest BCUT2D eigenvalue weighted by Gasteiger charge is -2.34. The van der Waals surface area contributed by atoms with Gasteiger partial charge in [-0.2, -0.15) is 0 Å². The standard InChI is InChI=1S/C69H56N2/c1-46-18-17-22-50-43-66(61-28-15-16-29-62(61)67(46)50)70(52-32-30-48(31-33-52)47-19-7-5-8-20-47)54-34-36-58-59-37-35-55(45-64(59)68(2,3)63(58)44-54)71(53-38-40-69(4,41-39-53)51-23-9-6-10-24-51)65-42-49-21-11-12-25-56(49)57-26-13-14-27-60(57)65/h5-17,19-40,42-46H,18,41H2,1-4H3. The monoisotopic (exact) mass is 912 g/mol. The summed E-state index contributed by atoms with van der Waals surface area (Å²) in [7, 11) is 0. The molecule has 2 atom stereocenters. The molecule has 2 nitrogen and oxygen atoms in total. The van der Waals surface area contributed by atoms with E-state index >= 15 is 0 Å². The van der Waals surface area contributed by atoms with Gasteiger partial charge in [-0.05, 0) is 145 Å². The van der Waals surface area contributed by atoms with Gasteiger partial charge in [0, 0.05) is 44.4 Å². The molecule has 0 fully saturated rings. The molecule has 0 radical (unpaired) electrons. The smallest absolute Gasteiger partial charge is 0.0546 e. The van der Waals surface area contributed by atoms with Crippen molar-refractivity contribution < 1.29 is 0 Å². The van der Waals surface area contributed by atoms with Gasteiger partial charge in [0.05, 0.1) is 11.4 Å². The lowest BCUT2D eigenvalue weighted by molar-refractivity contribution is 0.595. The third kappa shape index (κ3) is 7.07. The number of fused-ring (bicyclic) bond motifs is 9. The van der Waals surface area contributed by atoms with Crippen molar-refractivity contribution in [1.82, 2.24) is 0 Å². The van der Waals surface area contributed by atoms with Crippen LogP contribution in [0.1, 0.15) is 74.3 Å². The van der Waals surface area contributed by atoms with Crippen LogP contribution < -0.4 is 9.80 Å². The number of hydrogen-bond acceptors (Lipinski definition) is 2. The Morgan fingerprint density at radius 3 is 1.69 bits per heavy atom. The molecule has 0 spiro atoms. The molecule has 71 heavy (non-hydrogen) atoms. The van der Waals surface area contributed by atoms with Gasteiger partial charge in [0.25, 0.3) is 0 Å². The number of allylic oxidation sites excluding steroid dienone is 4. The van der Waals surface area contributed by atoms with Crippen LogP contribution in [0.5, 0.6) is 0 Å². The second-order valence-corrected chi connectivity index (χ2v) is 20.8. The molecule has 2 heteroatoms. The maximum absolute atomic E-state index is 2.53. The number of benzene rings is 10. The Morgan fingerprint density at radius 1 is 0.465 bits per heavy atom. The Bertz CT molecular complexity index is 3820. The minimum Gasteiger partial charge on any atom is -0.310 e. The van der Waals surface area contributed by atoms with Crippen molar-refractivity contribution in [3.05, 3.63) is 264 Å². The zero-order valence-corrected chi connectivity index (χ0v) is 40.9. The van der Waals surface area contributed by atoms with Crippen molar-refractivity contribution in [3.63, 3.8) is 0 Å². The molecule has 0 N–H and O–H groups in total. The van der Waals surface area contributed by atoms with Crippen molar-refractivity contribution in [1.29, 1.82) is 0 Å². The zero-order valence-electron chi connectivity index (χ0n) is 40.9. The molecule has 0 bridgehead atoms. The van der Waals surface area contributed by atoms with E-state index < -0.39 is 0 Å². The lowest BCUT2D eigenvalue weighted by atomic mass is 9.76. The lowest BCUT2D eigenvalue weighted by Crippen LogP contribution is -2.25. The molecule has 10 aromatic rings. The normalized spacial score (nSPS) is 17.5. The molecule has 3 aliphatic carbocycles. The van der Waals surface area contributed by atoms with Gasteiger partial charge < -0.3 is 9.80 Å². The van der Waals surface area contributed by atoms with E-state index in [2.05, 4.69) is 274 Å². The van der Waals surface area contributed by atoms with E-state index in [0.717, 1.165) is 29.9 Å². The molecule has 0 saturated carbocycles. The number of anilines is 5. The summed E-state index contributed by atoms with van der Waals surface area (Å²) in [6.07, 6.45) is 13.9. The minimum absolute atomic E-state index is 0.0977. The molecular weight excluding hydrogens is 857 g/mol. The highest BCUT2D eigenvalue weighted by atomic mass is 15.2. The van der Waals surface area contributed by atoms with Gasteiger partial charge in [-0.25, -0.2) is 0 Å². The summed E-state index contributed by atoms with van der Waals surface area (Å²) in [6.45, 7) is 9.57. The number of rotatable bonds is 8. The minimum atomic E-state index is -0.296. The van der Waals surface area contributed by atoms with Crippen LogP contribution in [0.15, 0.2) is 236 Å². The second kappa shape index (κ2) is 16.7. The third-order valence-corrected chi connectivity index (χ3v) is 16.0. The van der Waals surface area contributed by atoms with E-state index in [0.29, 0.717) is 5.92 Å². The van der Waals surface area contributed by atoms with Crippen LogP contribution in [-0.2, 0) is 10.8 Å². The van der Waals surface area contributed by atoms with Crippen LogP contribution >= 0.6 is 0 Å². The summed E-state index contributed by atoms with van der Waals surface area (Å²) >= 11 is 0. The average molecular weight is 913 g/mol. The van der Waals surface area contributed by atoms with E-state index in [1.807, 2.05) is 0 Å². The molecule has 2 unspecified atom stereocenters. The molecule has 0 aliphatic heterocycles. The zero-order chi connectivity index (χ0) is 47.8. The molecule has 3 aliphatic rings. The van der Waals surface area contributed by atoms with Gasteiger partial charge in [-0.15, -0.1) is 0 Å². The Kier molecular flexibility index (Phi) is 10.1. The van der Waals surface area contributed by atoms with E-state index in [-0.39, 0.29) is 10.8 Å². The predicted octanol–water partition coefficient (Wildman–Crippen LogP) is 19.0. The molecule has 0 amide bonds. The third-order valence-electron chi connectivity index (χ3n) is 16.0. The Labute approximate surface area is 418 Å². The first-order valence-electron chi connectivity index (χ1n) is 25.4. The highest BCUT2D eigenvalue weighted by Gasteiger charge is 2.38. The van der Waals surface area contributed by atoms with Gasteiger partial charge in [-0.3, -0.25) is 0 Å². The quantitative estimate of drug-likeness (QED) is 0.140. The van der Waals surface area contributed by atoms with Crippen molar-refractivity contribution in [2.75, 3.05) is 9.80 Å². The maximum Gasteiger partial charge on any atom is 0.0546 e. The molecule has 0 heterocycles. The summed E-state index contributed by atoms with van der Waals surface area (Å²) in [5.41, 5.74) is 18.4. The van der Waals surface area contributed by atoms with Gasteiger partial charge in [0.15, 0.2) is 0 Å². The van der Waals surface area contributed by atoms with Crippen molar-refractivity contribution >= 4 is 66.8 Å². The maximum atomic E-state index is 2.53. The van der Waals surface area contributed by atoms with E-state index in [1.54, 1.807) is 0 Å². The van der Waals surface area contributed by atoms with Crippen molar-refractivity contribution in [2.45, 2.75) is 57.3 Å². The van der Waals surface area contributed by atoms with Crippen LogP contribution in [0, 0.1) is 0 Å². The first-order chi connectivity index (χ1) is 34.7. The van der Waals surface area contributed by atoms with Crippen LogP contribution in [0.4, 0.5) is 28.4 Å². The molecule has 0 aromatic heterocycles. The fourth-order valence-electron chi connectivity index (χ4n) is 12.2. The van der Waals surface area contributed by atoms with Gasteiger partial charge in [-0.1, -0.05) is 210 Å². The first-order valence-corrected chi connectivity index (χ1v) is 25.4. The van der Waals surface area contributed by atoms with Crippen LogP contribution in [0.25, 0.3) is 60.6 Å². The largest absolute Gasteiger partial charge is 0.310 e.